The molecule has 0 saturated heterocycles. The molecule has 0 aliphatic carbocycles. The number of aryl methyl sites for hydroxylation is 1. The van der Waals surface area contributed by atoms with Crippen molar-refractivity contribution in [2.24, 2.45) is 7.05 Å². The number of carbonyl (C=O) groups is 1. The van der Waals surface area contributed by atoms with E-state index < -0.39 is 51.2 Å². The molecular formula is C11H6F4N4O3. The van der Waals surface area contributed by atoms with Crippen molar-refractivity contribution >= 4 is 17.3 Å². The summed E-state index contributed by atoms with van der Waals surface area (Å²) in [6.07, 6.45) is 0.744. The Labute approximate surface area is 119 Å². The highest BCUT2D eigenvalue weighted by Gasteiger charge is 2.28. The Kier molecular flexibility index (Phi) is 3.80. The van der Waals surface area contributed by atoms with Gasteiger partial charge in [-0.1, -0.05) is 0 Å². The Morgan fingerprint density at radius 3 is 2.32 bits per heavy atom. The number of nitro groups is 1. The zero-order valence-corrected chi connectivity index (χ0v) is 10.7. The lowest BCUT2D eigenvalue weighted by Crippen LogP contribution is -2.20. The molecule has 1 heterocycles. The summed E-state index contributed by atoms with van der Waals surface area (Å²) >= 11 is 0. The van der Waals surface area contributed by atoms with E-state index in [-0.39, 0.29) is 6.07 Å². The third-order valence-corrected chi connectivity index (χ3v) is 2.68. The molecule has 7 nitrogen and oxygen atoms in total. The van der Waals surface area contributed by atoms with Gasteiger partial charge in [0.15, 0.2) is 23.3 Å². The molecule has 1 aromatic carbocycles. The molecule has 2 aromatic rings. The molecule has 0 saturated carbocycles. The van der Waals surface area contributed by atoms with E-state index in [9.17, 15) is 32.5 Å². The Hall–Kier alpha value is -2.98. The molecule has 116 valence electrons. The second kappa shape index (κ2) is 5.42. The average molecular weight is 318 g/mol. The van der Waals surface area contributed by atoms with Crippen LogP contribution in [0.1, 0.15) is 10.5 Å². The predicted molar refractivity (Wildman–Crippen MR) is 64.1 cm³/mol. The van der Waals surface area contributed by atoms with Crippen LogP contribution in [0.5, 0.6) is 0 Å². The number of carbonyl (C=O) groups excluding carboxylic acids is 1. The average Bonchev–Trinajstić information content (AvgIpc) is 2.83. The topological polar surface area (TPSA) is 90.1 Å². The second-order valence-corrected chi connectivity index (χ2v) is 4.06. The number of halogens is 4. The van der Waals surface area contributed by atoms with Crippen molar-refractivity contribution in [2.75, 3.05) is 5.32 Å². The number of benzene rings is 1. The van der Waals surface area contributed by atoms with Gasteiger partial charge >= 0.3 is 5.69 Å². The standard InChI is InChI=1S/C11H6F4N4O3/c1-18-10(6(3-16-18)19(21)22)11(20)17-9-7(14)4(12)2-5(13)8(9)15/h2-3H,1H3,(H,17,20). The highest BCUT2D eigenvalue weighted by atomic mass is 19.2. The first kappa shape index (κ1) is 15.4. The molecule has 2 rings (SSSR count). The van der Waals surface area contributed by atoms with Crippen molar-refractivity contribution in [3.8, 4) is 0 Å². The van der Waals surface area contributed by atoms with Gasteiger partial charge in [-0.15, -0.1) is 0 Å². The van der Waals surface area contributed by atoms with Crippen LogP contribution in [0.15, 0.2) is 12.3 Å². The number of hydrogen-bond donors (Lipinski definition) is 1. The quantitative estimate of drug-likeness (QED) is 0.406. The summed E-state index contributed by atoms with van der Waals surface area (Å²) in [5.41, 5.74) is -2.77. The molecule has 22 heavy (non-hydrogen) atoms. The summed E-state index contributed by atoms with van der Waals surface area (Å²) in [6, 6.07) is -0.0349. The maximum absolute atomic E-state index is 13.5. The van der Waals surface area contributed by atoms with Crippen molar-refractivity contribution in [3.63, 3.8) is 0 Å². The molecule has 0 aliphatic rings. The minimum Gasteiger partial charge on any atom is -0.315 e. The van der Waals surface area contributed by atoms with Gasteiger partial charge in [-0.25, -0.2) is 17.6 Å². The van der Waals surface area contributed by atoms with Gasteiger partial charge in [-0.2, -0.15) is 5.10 Å². The summed E-state index contributed by atoms with van der Waals surface area (Å²) in [5, 5.41) is 15.8. The number of nitrogens with one attached hydrogen (secondary N) is 1. The minimum absolute atomic E-state index is 0.0349. The predicted octanol–water partition coefficient (Wildman–Crippen LogP) is 2.14. The summed E-state index contributed by atoms with van der Waals surface area (Å²) in [4.78, 5) is 21.7. The number of amides is 1. The number of aromatic nitrogens is 2. The van der Waals surface area contributed by atoms with Gasteiger partial charge in [0.05, 0.1) is 4.92 Å². The molecule has 0 aliphatic heterocycles. The van der Waals surface area contributed by atoms with E-state index in [2.05, 4.69) is 5.10 Å². The third kappa shape index (κ3) is 2.47. The van der Waals surface area contributed by atoms with Crippen LogP contribution in [-0.4, -0.2) is 20.6 Å². The van der Waals surface area contributed by atoms with Crippen molar-refractivity contribution in [2.45, 2.75) is 0 Å². The van der Waals surface area contributed by atoms with Gasteiger partial charge in [-0.3, -0.25) is 19.6 Å². The number of nitrogens with zero attached hydrogens (tertiary/aromatic N) is 3. The fourth-order valence-corrected chi connectivity index (χ4v) is 1.68. The summed E-state index contributed by atoms with van der Waals surface area (Å²) in [6.45, 7) is 0. The minimum atomic E-state index is -1.84. The van der Waals surface area contributed by atoms with Crippen LogP contribution < -0.4 is 5.32 Å². The number of hydrogen-bond acceptors (Lipinski definition) is 4. The maximum atomic E-state index is 13.5. The Balaban J connectivity index is 2.47. The molecule has 0 fully saturated rings. The van der Waals surface area contributed by atoms with Crippen LogP contribution in [0, 0.1) is 33.4 Å². The van der Waals surface area contributed by atoms with Crippen LogP contribution in [0.3, 0.4) is 0 Å². The first-order valence-electron chi connectivity index (χ1n) is 5.54. The molecule has 0 atom stereocenters. The molecule has 0 bridgehead atoms. The van der Waals surface area contributed by atoms with Gasteiger partial charge in [0, 0.05) is 13.1 Å². The fraction of sp³-hybridized carbons (Fsp3) is 0.0909. The molecule has 0 spiro atoms. The van der Waals surface area contributed by atoms with Gasteiger partial charge < -0.3 is 5.32 Å². The smallest absolute Gasteiger partial charge is 0.315 e. The molecular weight excluding hydrogens is 312 g/mol. The van der Waals surface area contributed by atoms with Crippen LogP contribution in [0.2, 0.25) is 0 Å². The van der Waals surface area contributed by atoms with Crippen LogP contribution in [-0.2, 0) is 7.05 Å². The lowest BCUT2D eigenvalue weighted by atomic mass is 10.2. The Bertz CT molecular complexity index is 764. The van der Waals surface area contributed by atoms with Gasteiger partial charge in [0.2, 0.25) is 5.69 Å². The van der Waals surface area contributed by atoms with Gasteiger partial charge in [0.25, 0.3) is 5.91 Å². The molecule has 0 unspecified atom stereocenters. The normalized spacial score (nSPS) is 10.6. The molecule has 0 radical (unpaired) electrons. The van der Waals surface area contributed by atoms with E-state index in [4.69, 9.17) is 0 Å². The first-order chi connectivity index (χ1) is 10.2. The zero-order chi connectivity index (χ0) is 16.6. The highest BCUT2D eigenvalue weighted by molar-refractivity contribution is 6.05. The monoisotopic (exact) mass is 318 g/mol. The molecule has 1 N–H and O–H groups in total. The van der Waals surface area contributed by atoms with Crippen LogP contribution in [0.25, 0.3) is 0 Å². The fourth-order valence-electron chi connectivity index (χ4n) is 1.68. The van der Waals surface area contributed by atoms with E-state index in [1.807, 2.05) is 0 Å². The van der Waals surface area contributed by atoms with E-state index in [1.165, 1.54) is 7.05 Å². The third-order valence-electron chi connectivity index (χ3n) is 2.68. The summed E-state index contributed by atoms with van der Waals surface area (Å²) in [5.74, 6) is -8.48. The van der Waals surface area contributed by atoms with E-state index in [1.54, 1.807) is 5.32 Å². The highest BCUT2D eigenvalue weighted by Crippen LogP contribution is 2.26. The van der Waals surface area contributed by atoms with E-state index in [0.29, 0.717) is 0 Å². The lowest BCUT2D eigenvalue weighted by molar-refractivity contribution is -0.385. The van der Waals surface area contributed by atoms with Crippen molar-refractivity contribution in [1.82, 2.24) is 9.78 Å². The largest absolute Gasteiger partial charge is 0.320 e. The van der Waals surface area contributed by atoms with Crippen molar-refractivity contribution in [1.29, 1.82) is 0 Å². The molecule has 1 aromatic heterocycles. The zero-order valence-electron chi connectivity index (χ0n) is 10.7. The SMILES string of the molecule is Cn1ncc([N+](=O)[O-])c1C(=O)Nc1c(F)c(F)cc(F)c1F. The van der Waals surface area contributed by atoms with E-state index in [0.717, 1.165) is 10.9 Å². The lowest BCUT2D eigenvalue weighted by Gasteiger charge is -2.08. The van der Waals surface area contributed by atoms with Crippen molar-refractivity contribution < 1.29 is 27.3 Å². The van der Waals surface area contributed by atoms with E-state index >= 15 is 0 Å². The van der Waals surface area contributed by atoms with Crippen molar-refractivity contribution in [3.05, 3.63) is 51.3 Å². The van der Waals surface area contributed by atoms with Crippen LogP contribution in [0.4, 0.5) is 28.9 Å². The van der Waals surface area contributed by atoms with Gasteiger partial charge in [-0.05, 0) is 0 Å². The number of rotatable bonds is 3. The first-order valence-corrected chi connectivity index (χ1v) is 5.54. The summed E-state index contributed by atoms with van der Waals surface area (Å²) < 4.78 is 53.8. The van der Waals surface area contributed by atoms with Crippen LogP contribution >= 0.6 is 0 Å². The Morgan fingerprint density at radius 2 is 1.82 bits per heavy atom. The molecule has 1 amide bonds. The molecule has 11 heteroatoms. The number of anilines is 1. The Morgan fingerprint density at radius 1 is 1.27 bits per heavy atom. The maximum Gasteiger partial charge on any atom is 0.320 e. The van der Waals surface area contributed by atoms with Gasteiger partial charge in [0.1, 0.15) is 11.9 Å². The summed E-state index contributed by atoms with van der Waals surface area (Å²) in [7, 11) is 1.17. The second-order valence-electron chi connectivity index (χ2n) is 4.06.